The van der Waals surface area contributed by atoms with Crippen LogP contribution in [0.1, 0.15) is 56.7 Å². The Morgan fingerprint density at radius 3 is 2.51 bits per heavy atom. The Balaban J connectivity index is 1.18. The molecule has 9 heteroatoms. The summed E-state index contributed by atoms with van der Waals surface area (Å²) < 4.78 is 18.2. The molecule has 0 aliphatic heterocycles. The molecule has 2 aromatic heterocycles. The van der Waals surface area contributed by atoms with E-state index in [0.717, 1.165) is 45.9 Å². The predicted molar refractivity (Wildman–Crippen MR) is 170 cm³/mol. The van der Waals surface area contributed by atoms with Crippen LogP contribution in [0.4, 0.5) is 26.4 Å². The van der Waals surface area contributed by atoms with Crippen molar-refractivity contribution in [3.63, 3.8) is 0 Å². The van der Waals surface area contributed by atoms with Crippen LogP contribution in [0.15, 0.2) is 73.1 Å². The first-order valence-corrected chi connectivity index (χ1v) is 14.9. The summed E-state index contributed by atoms with van der Waals surface area (Å²) in [7, 11) is 0. The van der Waals surface area contributed by atoms with Crippen LogP contribution in [0.3, 0.4) is 0 Å². The molecule has 1 saturated carbocycles. The van der Waals surface area contributed by atoms with Crippen LogP contribution in [-0.2, 0) is 18.5 Å². The van der Waals surface area contributed by atoms with Gasteiger partial charge in [-0.05, 0) is 85.2 Å². The third kappa shape index (κ3) is 6.26. The number of urea groups is 1. The molecule has 43 heavy (non-hydrogen) atoms. The molecule has 2 heterocycles. The summed E-state index contributed by atoms with van der Waals surface area (Å²) in [5.41, 5.74) is 5.94. The fourth-order valence-electron chi connectivity index (χ4n) is 5.44. The monoisotopic (exact) mass is 579 g/mol. The van der Waals surface area contributed by atoms with Crippen molar-refractivity contribution in [1.82, 2.24) is 24.9 Å². The van der Waals surface area contributed by atoms with Gasteiger partial charge in [0.2, 0.25) is 0 Å². The Bertz CT molecular complexity index is 1760. The quantitative estimate of drug-likeness (QED) is 0.175. The topological polar surface area (TPSA) is 88.8 Å². The number of nitrogens with zero attached hydrogens (tertiary/aromatic N) is 4. The molecule has 1 aliphatic rings. The minimum absolute atomic E-state index is 0.122. The Morgan fingerprint density at radius 2 is 1.79 bits per heavy atom. The number of rotatable bonds is 8. The highest BCUT2D eigenvalue weighted by molar-refractivity contribution is 5.90. The molecule has 6 rings (SSSR count). The lowest BCUT2D eigenvalue weighted by molar-refractivity contribution is 0.251. The third-order valence-electron chi connectivity index (χ3n) is 8.17. The first-order valence-electron chi connectivity index (χ1n) is 14.9. The summed E-state index contributed by atoms with van der Waals surface area (Å²) in [4.78, 5) is 13.2. The summed E-state index contributed by atoms with van der Waals surface area (Å²) in [6.07, 6.45) is 7.54. The second-order valence-electron chi connectivity index (χ2n) is 12.5. The molecule has 8 nitrogen and oxygen atoms in total. The maximum atomic E-state index is 14.3. The molecule has 1 aliphatic carbocycles. The number of carbonyl (C=O) groups is 1. The Kier molecular flexibility index (Phi) is 7.64. The van der Waals surface area contributed by atoms with Gasteiger partial charge in [0.05, 0.1) is 23.6 Å². The Labute approximate surface area is 251 Å². The summed E-state index contributed by atoms with van der Waals surface area (Å²) >= 11 is 0. The van der Waals surface area contributed by atoms with Crippen molar-refractivity contribution in [3.05, 3.63) is 95.6 Å². The molecular formula is C34H38FN7O. The molecule has 0 saturated heterocycles. The van der Waals surface area contributed by atoms with Crippen LogP contribution in [0.25, 0.3) is 16.6 Å². The number of benzene rings is 3. The van der Waals surface area contributed by atoms with Crippen LogP contribution >= 0.6 is 0 Å². The molecule has 222 valence electrons. The number of nitrogens with one attached hydrogen (secondary N) is 3. The Hall–Kier alpha value is -4.66. The number of amides is 2. The molecule has 3 aromatic carbocycles. The van der Waals surface area contributed by atoms with Gasteiger partial charge in [0, 0.05) is 35.4 Å². The van der Waals surface area contributed by atoms with E-state index in [1.807, 2.05) is 49.5 Å². The number of halogens is 1. The zero-order valence-corrected chi connectivity index (χ0v) is 25.1. The number of carbonyl (C=O) groups excluding carboxylic acids is 1. The van der Waals surface area contributed by atoms with Crippen molar-refractivity contribution in [2.45, 2.75) is 65.5 Å². The lowest BCUT2D eigenvalue weighted by Crippen LogP contribution is -2.30. The van der Waals surface area contributed by atoms with Gasteiger partial charge in [-0.3, -0.25) is 10.00 Å². The van der Waals surface area contributed by atoms with Gasteiger partial charge < -0.3 is 10.6 Å². The minimum atomic E-state index is -0.408. The zero-order chi connectivity index (χ0) is 30.1. The van der Waals surface area contributed by atoms with Crippen LogP contribution in [0.2, 0.25) is 0 Å². The van der Waals surface area contributed by atoms with E-state index in [0.29, 0.717) is 17.1 Å². The standard InChI is InChI=1S/C34H38FN7O/c1-22-8-12-28(13-9-22)42-32(29(20-38-42)34(2,3)4)40-33(43)36-18-24-16-26(35)10-14-30(24)39-27-11-15-31-25(17-27)19-37-41(31)21-23-6-5-7-23/h8-17,19-20,23,39H,5-7,18,21H2,1-4H3,(H2,36,40,43). The first-order chi connectivity index (χ1) is 20.6. The highest BCUT2D eigenvalue weighted by Gasteiger charge is 2.25. The van der Waals surface area contributed by atoms with Gasteiger partial charge in [0.15, 0.2) is 0 Å². The number of aromatic nitrogens is 4. The second-order valence-corrected chi connectivity index (χ2v) is 12.5. The van der Waals surface area contributed by atoms with E-state index >= 15 is 0 Å². The van der Waals surface area contributed by atoms with Crippen molar-refractivity contribution in [1.29, 1.82) is 0 Å². The van der Waals surface area contributed by atoms with Crippen molar-refractivity contribution in [3.8, 4) is 5.69 Å². The Morgan fingerprint density at radius 1 is 1.00 bits per heavy atom. The van der Waals surface area contributed by atoms with E-state index in [1.165, 1.54) is 31.4 Å². The summed E-state index contributed by atoms with van der Waals surface area (Å²) in [5, 5.41) is 19.5. The fourth-order valence-corrected chi connectivity index (χ4v) is 5.44. The normalized spacial score (nSPS) is 13.6. The molecule has 0 spiro atoms. The lowest BCUT2D eigenvalue weighted by atomic mass is 9.85. The van der Waals surface area contributed by atoms with Crippen molar-refractivity contribution in [2.24, 2.45) is 5.92 Å². The number of hydrogen-bond acceptors (Lipinski definition) is 4. The van der Waals surface area contributed by atoms with E-state index in [4.69, 9.17) is 0 Å². The smallest absolute Gasteiger partial charge is 0.320 e. The molecule has 2 amide bonds. The van der Waals surface area contributed by atoms with E-state index in [-0.39, 0.29) is 17.8 Å². The van der Waals surface area contributed by atoms with Gasteiger partial charge in [-0.1, -0.05) is 44.9 Å². The average molecular weight is 580 g/mol. The summed E-state index contributed by atoms with van der Waals surface area (Å²) in [5.74, 6) is 0.941. The zero-order valence-electron chi connectivity index (χ0n) is 25.1. The maximum absolute atomic E-state index is 14.3. The first kappa shape index (κ1) is 28.5. The van der Waals surface area contributed by atoms with Gasteiger partial charge in [-0.15, -0.1) is 0 Å². The van der Waals surface area contributed by atoms with E-state index in [1.54, 1.807) is 16.9 Å². The van der Waals surface area contributed by atoms with Crippen LogP contribution in [0, 0.1) is 18.7 Å². The lowest BCUT2D eigenvalue weighted by Gasteiger charge is -2.25. The number of aryl methyl sites for hydroxylation is 1. The fraction of sp³-hybridized carbons (Fsp3) is 0.324. The van der Waals surface area contributed by atoms with E-state index in [2.05, 4.69) is 57.7 Å². The number of fused-ring (bicyclic) bond motifs is 1. The largest absolute Gasteiger partial charge is 0.355 e. The third-order valence-corrected chi connectivity index (χ3v) is 8.17. The van der Waals surface area contributed by atoms with Crippen molar-refractivity contribution in [2.75, 3.05) is 10.6 Å². The molecule has 0 radical (unpaired) electrons. The van der Waals surface area contributed by atoms with Gasteiger partial charge in [0.1, 0.15) is 11.6 Å². The molecule has 3 N–H and O–H groups in total. The predicted octanol–water partition coefficient (Wildman–Crippen LogP) is 7.83. The van der Waals surface area contributed by atoms with Gasteiger partial charge in [0.25, 0.3) is 0 Å². The van der Waals surface area contributed by atoms with Crippen LogP contribution in [0.5, 0.6) is 0 Å². The van der Waals surface area contributed by atoms with Crippen molar-refractivity contribution < 1.29 is 9.18 Å². The maximum Gasteiger partial charge on any atom is 0.320 e. The molecule has 0 bridgehead atoms. The molecule has 5 aromatic rings. The van der Waals surface area contributed by atoms with Gasteiger partial charge >= 0.3 is 6.03 Å². The number of anilines is 3. The second kappa shape index (κ2) is 11.6. The van der Waals surface area contributed by atoms with Crippen LogP contribution in [-0.4, -0.2) is 25.6 Å². The molecular weight excluding hydrogens is 541 g/mol. The number of hydrogen-bond donors (Lipinski definition) is 3. The molecule has 0 atom stereocenters. The SMILES string of the molecule is Cc1ccc(-n2ncc(C(C)(C)C)c2NC(=O)NCc2cc(F)ccc2Nc2ccc3c(cnn3CC3CCC3)c2)cc1. The molecule has 1 fully saturated rings. The van der Waals surface area contributed by atoms with Gasteiger partial charge in [-0.2, -0.15) is 10.2 Å². The van der Waals surface area contributed by atoms with E-state index in [9.17, 15) is 9.18 Å². The van der Waals surface area contributed by atoms with Gasteiger partial charge in [-0.25, -0.2) is 13.9 Å². The highest BCUT2D eigenvalue weighted by atomic mass is 19.1. The highest BCUT2D eigenvalue weighted by Crippen LogP contribution is 2.32. The van der Waals surface area contributed by atoms with Crippen molar-refractivity contribution >= 4 is 34.1 Å². The molecule has 0 unspecified atom stereocenters. The summed E-state index contributed by atoms with van der Waals surface area (Å²) in [6, 6.07) is 18.2. The average Bonchev–Trinajstić information content (AvgIpc) is 3.55. The van der Waals surface area contributed by atoms with Crippen LogP contribution < -0.4 is 16.0 Å². The minimum Gasteiger partial charge on any atom is -0.355 e. The van der Waals surface area contributed by atoms with E-state index < -0.39 is 6.03 Å². The summed E-state index contributed by atoms with van der Waals surface area (Å²) in [6.45, 7) is 9.33.